The molecule has 0 amide bonds. The molecule has 22 heavy (non-hydrogen) atoms. The van der Waals surface area contributed by atoms with E-state index in [-0.39, 0.29) is 0 Å². The van der Waals surface area contributed by atoms with Gasteiger partial charge >= 0.3 is 0 Å². The Labute approximate surface area is 136 Å². The van der Waals surface area contributed by atoms with E-state index in [1.165, 1.54) is 64.2 Å². The number of carbonyl (C=O) groups excluding carboxylic acids is 1. The molecule has 0 N–H and O–H groups in total. The highest BCUT2D eigenvalue weighted by Crippen LogP contribution is 2.67. The highest BCUT2D eigenvalue weighted by Gasteiger charge is 2.60. The van der Waals surface area contributed by atoms with E-state index in [4.69, 9.17) is 0 Å². The van der Waals surface area contributed by atoms with Crippen molar-refractivity contribution in [2.24, 2.45) is 40.4 Å². The summed E-state index contributed by atoms with van der Waals surface area (Å²) in [6.45, 7) is 6.97. The third-order valence-electron chi connectivity index (χ3n) is 9.07. The van der Waals surface area contributed by atoms with E-state index in [0.29, 0.717) is 22.5 Å². The molecule has 4 rings (SSSR count). The lowest BCUT2D eigenvalue weighted by molar-refractivity contribution is -0.133. The lowest BCUT2D eigenvalue weighted by atomic mass is 9.45. The summed E-state index contributed by atoms with van der Waals surface area (Å²) >= 11 is 0. The van der Waals surface area contributed by atoms with E-state index in [2.05, 4.69) is 13.8 Å². The summed E-state index contributed by atoms with van der Waals surface area (Å²) in [5.74, 6) is 4.60. The van der Waals surface area contributed by atoms with Crippen LogP contribution in [-0.4, -0.2) is 5.78 Å². The van der Waals surface area contributed by atoms with Gasteiger partial charge in [0, 0.05) is 5.92 Å². The van der Waals surface area contributed by atoms with Crippen LogP contribution >= 0.6 is 0 Å². The van der Waals surface area contributed by atoms with Gasteiger partial charge in [-0.25, -0.2) is 0 Å². The van der Waals surface area contributed by atoms with Crippen LogP contribution in [0.25, 0.3) is 0 Å². The lowest BCUT2D eigenvalue weighted by Crippen LogP contribution is -2.53. The normalized spacial score (nSPS) is 54.2. The highest BCUT2D eigenvalue weighted by atomic mass is 16.1. The van der Waals surface area contributed by atoms with Crippen molar-refractivity contribution in [1.29, 1.82) is 0 Å². The average molecular weight is 303 g/mol. The van der Waals surface area contributed by atoms with Crippen LogP contribution in [0.3, 0.4) is 0 Å². The second kappa shape index (κ2) is 5.08. The van der Waals surface area contributed by atoms with Crippen LogP contribution in [0.15, 0.2) is 0 Å². The van der Waals surface area contributed by atoms with Crippen LogP contribution in [0.2, 0.25) is 0 Å². The van der Waals surface area contributed by atoms with Gasteiger partial charge in [0.15, 0.2) is 0 Å². The molecule has 0 saturated heterocycles. The molecule has 0 aromatic rings. The van der Waals surface area contributed by atoms with Gasteiger partial charge in [-0.15, -0.1) is 0 Å². The second-order valence-electron chi connectivity index (χ2n) is 9.69. The monoisotopic (exact) mass is 302 g/mol. The van der Waals surface area contributed by atoms with Gasteiger partial charge < -0.3 is 0 Å². The molecule has 0 radical (unpaired) electrons. The first-order valence-electron chi connectivity index (χ1n) is 9.97. The van der Waals surface area contributed by atoms with Gasteiger partial charge in [0.25, 0.3) is 0 Å². The highest BCUT2D eigenvalue weighted by molar-refractivity contribution is 5.79. The summed E-state index contributed by atoms with van der Waals surface area (Å²) in [5.41, 5.74) is 0.974. The molecule has 1 nitrogen and oxygen atoms in total. The third kappa shape index (κ3) is 1.93. The van der Waals surface area contributed by atoms with E-state index in [1.807, 2.05) is 6.92 Å². The Morgan fingerprint density at radius 3 is 2.36 bits per heavy atom. The molecule has 4 aliphatic rings. The molecule has 0 aromatic heterocycles. The fourth-order valence-corrected chi connectivity index (χ4v) is 7.96. The Bertz CT molecular complexity index is 469. The van der Waals surface area contributed by atoms with Crippen LogP contribution in [0.4, 0.5) is 0 Å². The van der Waals surface area contributed by atoms with Crippen molar-refractivity contribution in [2.75, 3.05) is 0 Å². The zero-order valence-electron chi connectivity index (χ0n) is 14.9. The first-order chi connectivity index (χ1) is 10.5. The molecule has 4 fully saturated rings. The lowest BCUT2D eigenvalue weighted by Gasteiger charge is -2.60. The van der Waals surface area contributed by atoms with Crippen molar-refractivity contribution >= 4 is 5.78 Å². The summed E-state index contributed by atoms with van der Waals surface area (Å²) in [7, 11) is 0. The molecule has 0 aliphatic heterocycles. The minimum Gasteiger partial charge on any atom is -0.300 e. The van der Waals surface area contributed by atoms with Gasteiger partial charge in [-0.2, -0.15) is 0 Å². The van der Waals surface area contributed by atoms with Gasteiger partial charge in [-0.3, -0.25) is 4.79 Å². The topological polar surface area (TPSA) is 17.1 Å². The Balaban J connectivity index is 1.63. The average Bonchev–Trinajstić information content (AvgIpc) is 2.84. The summed E-state index contributed by atoms with van der Waals surface area (Å²) in [5, 5.41) is 0. The Hall–Kier alpha value is -0.330. The minimum atomic E-state index is 0.338. The van der Waals surface area contributed by atoms with Crippen LogP contribution < -0.4 is 0 Å². The fraction of sp³-hybridized carbons (Fsp3) is 0.952. The molecular weight excluding hydrogens is 268 g/mol. The zero-order valence-corrected chi connectivity index (χ0v) is 14.9. The quantitative estimate of drug-likeness (QED) is 0.614. The first kappa shape index (κ1) is 15.2. The summed E-state index contributed by atoms with van der Waals surface area (Å²) in [6, 6.07) is 0. The smallest absolute Gasteiger partial charge is 0.133 e. The summed E-state index contributed by atoms with van der Waals surface area (Å²) in [4.78, 5) is 12.2. The molecule has 0 aromatic carbocycles. The molecule has 0 spiro atoms. The van der Waals surface area contributed by atoms with Crippen LogP contribution in [-0.2, 0) is 4.79 Å². The number of carbonyl (C=O) groups is 1. The van der Waals surface area contributed by atoms with Crippen LogP contribution in [0, 0.1) is 40.4 Å². The van der Waals surface area contributed by atoms with Gasteiger partial charge in [-0.05, 0) is 92.8 Å². The summed E-state index contributed by atoms with van der Waals surface area (Å²) < 4.78 is 0. The molecule has 0 heterocycles. The number of Topliss-reactive ketones (excluding diaryl/α,β-unsaturated/α-hetero) is 1. The van der Waals surface area contributed by atoms with E-state index in [1.54, 1.807) is 0 Å². The van der Waals surface area contributed by atoms with Crippen molar-refractivity contribution in [3.05, 3.63) is 0 Å². The predicted octanol–water partition coefficient (Wildman–Crippen LogP) is 5.62. The van der Waals surface area contributed by atoms with Crippen molar-refractivity contribution < 1.29 is 4.79 Å². The van der Waals surface area contributed by atoms with Gasteiger partial charge in [0.2, 0.25) is 0 Å². The van der Waals surface area contributed by atoms with E-state index in [9.17, 15) is 4.79 Å². The van der Waals surface area contributed by atoms with Gasteiger partial charge in [0.1, 0.15) is 5.78 Å². The number of ketones is 1. The second-order valence-corrected chi connectivity index (χ2v) is 9.69. The Morgan fingerprint density at radius 2 is 1.59 bits per heavy atom. The minimum absolute atomic E-state index is 0.338. The van der Waals surface area contributed by atoms with Crippen molar-refractivity contribution in [3.63, 3.8) is 0 Å². The molecule has 4 saturated carbocycles. The SMILES string of the molecule is CC(=O)[C@H]1CC[C@H]2[C@H]3CCC4CCCC[C@]4(C)[C@H]3CC[C@]12C. The maximum atomic E-state index is 12.2. The standard InChI is InChI=1S/C21H34O/c1-14(22)17-9-10-18-16-8-7-15-6-4-5-12-20(15,2)19(16)11-13-21(17,18)3/h15-19H,4-13H2,1-3H3/t15?,16-,17-,18+,19+,20+,21-/m1/s1. The van der Waals surface area contributed by atoms with Gasteiger partial charge in [-0.1, -0.05) is 26.7 Å². The Kier molecular flexibility index (Phi) is 3.51. The molecule has 0 bridgehead atoms. The van der Waals surface area contributed by atoms with Crippen molar-refractivity contribution in [3.8, 4) is 0 Å². The third-order valence-corrected chi connectivity index (χ3v) is 9.07. The molecule has 124 valence electrons. The maximum absolute atomic E-state index is 12.2. The molecule has 4 aliphatic carbocycles. The van der Waals surface area contributed by atoms with E-state index in [0.717, 1.165) is 23.7 Å². The first-order valence-corrected chi connectivity index (χ1v) is 9.97. The molecule has 1 unspecified atom stereocenters. The van der Waals surface area contributed by atoms with Crippen molar-refractivity contribution in [2.45, 2.75) is 85.0 Å². The maximum Gasteiger partial charge on any atom is 0.133 e. The number of hydrogen-bond acceptors (Lipinski definition) is 1. The molecule has 1 heteroatoms. The molecule has 7 atom stereocenters. The largest absolute Gasteiger partial charge is 0.300 e. The number of hydrogen-bond donors (Lipinski definition) is 0. The van der Waals surface area contributed by atoms with Crippen LogP contribution in [0.1, 0.15) is 85.0 Å². The fourth-order valence-electron chi connectivity index (χ4n) is 7.96. The van der Waals surface area contributed by atoms with Crippen LogP contribution in [0.5, 0.6) is 0 Å². The number of rotatable bonds is 1. The van der Waals surface area contributed by atoms with E-state index >= 15 is 0 Å². The predicted molar refractivity (Wildman–Crippen MR) is 90.5 cm³/mol. The van der Waals surface area contributed by atoms with Crippen molar-refractivity contribution in [1.82, 2.24) is 0 Å². The number of fused-ring (bicyclic) bond motifs is 5. The van der Waals surface area contributed by atoms with Gasteiger partial charge in [0.05, 0.1) is 0 Å². The zero-order chi connectivity index (χ0) is 15.5. The van der Waals surface area contributed by atoms with E-state index < -0.39 is 0 Å². The molecular formula is C21H34O. The Morgan fingerprint density at radius 1 is 0.818 bits per heavy atom. The summed E-state index contributed by atoms with van der Waals surface area (Å²) in [6.07, 6.45) is 14.1.